The molecule has 0 spiro atoms. The molecule has 34 heavy (non-hydrogen) atoms. The normalized spacial score (nSPS) is 10.6. The van der Waals surface area contributed by atoms with Crippen LogP contribution >= 0.6 is 23.1 Å². The molecule has 0 atom stereocenters. The third kappa shape index (κ3) is 5.59. The van der Waals surface area contributed by atoms with Gasteiger partial charge in [-0.3, -0.25) is 9.59 Å². The number of benzene rings is 2. The molecule has 0 aliphatic rings. The Balaban J connectivity index is 1.45. The number of carbonyl (C=O) groups excluding carboxylic acids is 2. The summed E-state index contributed by atoms with van der Waals surface area (Å²) >= 11 is 2.59. The van der Waals surface area contributed by atoms with E-state index in [0.29, 0.717) is 22.1 Å². The maximum atomic E-state index is 12.4. The molecule has 10 heteroatoms. The first-order chi connectivity index (χ1) is 16.4. The van der Waals surface area contributed by atoms with Crippen molar-refractivity contribution in [3.8, 4) is 21.1 Å². The number of nitrogens with one attached hydrogen (secondary N) is 2. The molecule has 4 rings (SSSR count). The minimum atomic E-state index is -0.449. The van der Waals surface area contributed by atoms with Gasteiger partial charge in [-0.1, -0.05) is 42.1 Å². The third-order valence-corrected chi connectivity index (χ3v) is 6.80. The number of aromatic amines is 1. The summed E-state index contributed by atoms with van der Waals surface area (Å²) in [6, 6.07) is 17.6. The molecular weight excluding hydrogens is 472 g/mol. The van der Waals surface area contributed by atoms with Gasteiger partial charge in [0.25, 0.3) is 5.56 Å². The number of carbonyl (C=O) groups is 2. The van der Waals surface area contributed by atoms with Crippen molar-refractivity contribution < 1.29 is 14.3 Å². The van der Waals surface area contributed by atoms with Crippen LogP contribution < -0.4 is 10.9 Å². The van der Waals surface area contributed by atoms with Crippen LogP contribution in [0.15, 0.2) is 70.6 Å². The molecule has 172 valence electrons. The second kappa shape index (κ2) is 10.4. The molecule has 2 heterocycles. The maximum absolute atomic E-state index is 12.4. The van der Waals surface area contributed by atoms with E-state index in [1.54, 1.807) is 24.3 Å². The number of aryl methyl sites for hydroxylation is 1. The Morgan fingerprint density at radius 2 is 1.82 bits per heavy atom. The number of hydrogen-bond acceptors (Lipinski definition) is 8. The number of esters is 1. The van der Waals surface area contributed by atoms with Crippen LogP contribution in [0, 0.1) is 6.92 Å². The fourth-order valence-corrected chi connectivity index (χ4v) is 4.80. The first-order valence-corrected chi connectivity index (χ1v) is 12.0. The minimum Gasteiger partial charge on any atom is -0.465 e. The molecule has 0 aliphatic heterocycles. The second-order valence-corrected chi connectivity index (χ2v) is 9.10. The van der Waals surface area contributed by atoms with E-state index in [-0.39, 0.29) is 17.2 Å². The predicted molar refractivity (Wildman–Crippen MR) is 133 cm³/mol. The Labute approximate surface area is 203 Å². The summed E-state index contributed by atoms with van der Waals surface area (Å²) < 4.78 is 4.66. The Kier molecular flexibility index (Phi) is 7.19. The number of anilines is 1. The third-order valence-electron chi connectivity index (χ3n) is 4.70. The van der Waals surface area contributed by atoms with E-state index in [9.17, 15) is 14.4 Å². The van der Waals surface area contributed by atoms with Gasteiger partial charge in [0.1, 0.15) is 5.01 Å². The summed E-state index contributed by atoms with van der Waals surface area (Å²) in [6.45, 7) is 1.88. The van der Waals surface area contributed by atoms with E-state index in [1.807, 2.05) is 37.3 Å². The van der Waals surface area contributed by atoms with Crippen LogP contribution in [-0.4, -0.2) is 39.7 Å². The highest BCUT2D eigenvalue weighted by Crippen LogP contribution is 2.34. The molecular formula is C24H20N4O4S2. The van der Waals surface area contributed by atoms with E-state index >= 15 is 0 Å². The highest BCUT2D eigenvalue weighted by Gasteiger charge is 2.15. The van der Waals surface area contributed by atoms with Crippen molar-refractivity contribution in [2.75, 3.05) is 18.2 Å². The number of H-pyrrole nitrogens is 1. The molecule has 8 nitrogen and oxygen atoms in total. The van der Waals surface area contributed by atoms with E-state index < -0.39 is 5.97 Å². The maximum Gasteiger partial charge on any atom is 0.337 e. The summed E-state index contributed by atoms with van der Waals surface area (Å²) in [7, 11) is 1.31. The summed E-state index contributed by atoms with van der Waals surface area (Å²) in [5.74, 6) is -0.679. The van der Waals surface area contributed by atoms with Gasteiger partial charge in [-0.15, -0.1) is 11.3 Å². The highest BCUT2D eigenvalue weighted by atomic mass is 32.2. The Morgan fingerprint density at radius 1 is 1.09 bits per heavy atom. The number of amides is 1. The molecule has 0 bridgehead atoms. The van der Waals surface area contributed by atoms with Crippen LogP contribution in [0.2, 0.25) is 0 Å². The van der Waals surface area contributed by atoms with Crippen molar-refractivity contribution >= 4 is 40.7 Å². The molecule has 2 N–H and O–H groups in total. The van der Waals surface area contributed by atoms with Gasteiger partial charge in [0.15, 0.2) is 5.16 Å². The first kappa shape index (κ1) is 23.4. The van der Waals surface area contributed by atoms with Gasteiger partial charge < -0.3 is 15.0 Å². The Hall–Kier alpha value is -3.76. The van der Waals surface area contributed by atoms with Crippen LogP contribution in [0.5, 0.6) is 0 Å². The fraction of sp³-hybridized carbons (Fsp3) is 0.125. The lowest BCUT2D eigenvalue weighted by Gasteiger charge is -2.06. The SMILES string of the molecule is COC(=O)c1ccc(NC(=O)CSc2nc(-c3sc(-c4ccccc4)nc3C)cc(=O)[nH]2)cc1. The molecule has 1 amide bonds. The van der Waals surface area contributed by atoms with E-state index in [2.05, 4.69) is 25.0 Å². The van der Waals surface area contributed by atoms with Gasteiger partial charge in [-0.25, -0.2) is 14.8 Å². The van der Waals surface area contributed by atoms with Crippen molar-refractivity contribution in [3.05, 3.63) is 82.3 Å². The number of hydrogen-bond donors (Lipinski definition) is 2. The van der Waals surface area contributed by atoms with Gasteiger partial charge >= 0.3 is 5.97 Å². The number of thiazole rings is 1. The summed E-state index contributed by atoms with van der Waals surface area (Å²) in [5.41, 5.74) is 2.93. The molecule has 0 unspecified atom stereocenters. The predicted octanol–water partition coefficient (Wildman–Crippen LogP) is 4.39. The lowest BCUT2D eigenvalue weighted by Crippen LogP contribution is -2.15. The number of thioether (sulfide) groups is 1. The topological polar surface area (TPSA) is 114 Å². The van der Waals surface area contributed by atoms with E-state index in [4.69, 9.17) is 0 Å². The summed E-state index contributed by atoms with van der Waals surface area (Å²) in [4.78, 5) is 48.8. The van der Waals surface area contributed by atoms with Gasteiger partial charge in [0.2, 0.25) is 5.91 Å². The lowest BCUT2D eigenvalue weighted by molar-refractivity contribution is -0.113. The fourth-order valence-electron chi connectivity index (χ4n) is 3.10. The Morgan fingerprint density at radius 3 is 2.53 bits per heavy atom. The molecule has 0 fully saturated rings. The van der Waals surface area contributed by atoms with Crippen LogP contribution in [-0.2, 0) is 9.53 Å². The number of ether oxygens (including phenoxy) is 1. The zero-order chi connectivity index (χ0) is 24.1. The van der Waals surface area contributed by atoms with E-state index in [1.165, 1.54) is 24.5 Å². The first-order valence-electron chi connectivity index (χ1n) is 10.2. The van der Waals surface area contributed by atoms with Crippen LogP contribution in [0.4, 0.5) is 5.69 Å². The molecule has 0 saturated carbocycles. The zero-order valence-electron chi connectivity index (χ0n) is 18.3. The number of rotatable bonds is 7. The van der Waals surface area contributed by atoms with Crippen molar-refractivity contribution in [1.29, 1.82) is 0 Å². The smallest absolute Gasteiger partial charge is 0.337 e. The largest absolute Gasteiger partial charge is 0.465 e. The minimum absolute atomic E-state index is 0.0437. The monoisotopic (exact) mass is 492 g/mol. The molecule has 0 aliphatic carbocycles. The second-order valence-electron chi connectivity index (χ2n) is 7.14. The Bertz CT molecular complexity index is 1380. The van der Waals surface area contributed by atoms with Crippen molar-refractivity contribution in [2.45, 2.75) is 12.1 Å². The summed E-state index contributed by atoms with van der Waals surface area (Å²) in [6.07, 6.45) is 0. The average Bonchev–Trinajstić information content (AvgIpc) is 3.24. The van der Waals surface area contributed by atoms with Crippen molar-refractivity contribution in [1.82, 2.24) is 15.0 Å². The molecule has 2 aromatic carbocycles. The standard InChI is InChI=1S/C24H20N4O4S2/c1-14-21(34-22(25-14)15-6-4-3-5-7-15)18-12-19(29)28-24(27-18)33-13-20(30)26-17-10-8-16(9-11-17)23(31)32-2/h3-12H,13H2,1-2H3,(H,26,30)(H,27,28,29). The summed E-state index contributed by atoms with van der Waals surface area (Å²) in [5, 5.41) is 3.94. The zero-order valence-corrected chi connectivity index (χ0v) is 20.0. The van der Waals surface area contributed by atoms with Gasteiger partial charge in [0.05, 0.1) is 34.7 Å². The van der Waals surface area contributed by atoms with Crippen molar-refractivity contribution in [3.63, 3.8) is 0 Å². The van der Waals surface area contributed by atoms with Gasteiger partial charge in [-0.2, -0.15) is 0 Å². The quantitative estimate of drug-likeness (QED) is 0.223. The van der Waals surface area contributed by atoms with Gasteiger partial charge in [-0.05, 0) is 31.2 Å². The molecule has 0 radical (unpaired) electrons. The van der Waals surface area contributed by atoms with Crippen LogP contribution in [0.3, 0.4) is 0 Å². The average molecular weight is 493 g/mol. The number of methoxy groups -OCH3 is 1. The number of aromatic nitrogens is 3. The van der Waals surface area contributed by atoms with Crippen LogP contribution in [0.1, 0.15) is 16.1 Å². The van der Waals surface area contributed by atoms with E-state index in [0.717, 1.165) is 32.9 Å². The molecule has 4 aromatic rings. The lowest BCUT2D eigenvalue weighted by atomic mass is 10.2. The van der Waals surface area contributed by atoms with Crippen molar-refractivity contribution in [2.24, 2.45) is 0 Å². The van der Waals surface area contributed by atoms with Gasteiger partial charge in [0, 0.05) is 17.3 Å². The highest BCUT2D eigenvalue weighted by molar-refractivity contribution is 7.99. The molecule has 0 saturated heterocycles. The number of nitrogens with zero attached hydrogens (tertiary/aromatic N) is 2. The molecule has 2 aromatic heterocycles. The van der Waals surface area contributed by atoms with Crippen LogP contribution in [0.25, 0.3) is 21.1 Å².